The molecule has 1 atom stereocenters. The van der Waals surface area contributed by atoms with Crippen LogP contribution in [0.2, 0.25) is 0 Å². The van der Waals surface area contributed by atoms with Gasteiger partial charge in [-0.2, -0.15) is 0 Å². The molecular weight excluding hydrogens is 276 g/mol. The molecule has 0 amide bonds. The van der Waals surface area contributed by atoms with Crippen molar-refractivity contribution < 1.29 is 23.9 Å². The van der Waals surface area contributed by atoms with E-state index in [1.165, 1.54) is 0 Å². The minimum absolute atomic E-state index is 0.00980. The SMILES string of the molecule is CCOC(=O)c1c(C)noc1OCC(O)CNC(C)(C)C. The fourth-order valence-electron chi connectivity index (χ4n) is 1.54. The number of nitrogens with zero attached hydrogens (tertiary/aromatic N) is 1. The van der Waals surface area contributed by atoms with E-state index >= 15 is 0 Å². The van der Waals surface area contributed by atoms with Gasteiger partial charge in [0.15, 0.2) is 5.56 Å². The van der Waals surface area contributed by atoms with Crippen molar-refractivity contribution in [2.75, 3.05) is 19.8 Å². The van der Waals surface area contributed by atoms with Crippen molar-refractivity contribution in [2.24, 2.45) is 0 Å². The molecule has 0 aliphatic carbocycles. The molecule has 1 unspecified atom stereocenters. The maximum absolute atomic E-state index is 11.8. The molecular formula is C14H24N2O5. The number of hydrogen-bond acceptors (Lipinski definition) is 7. The number of aryl methyl sites for hydroxylation is 1. The van der Waals surface area contributed by atoms with Gasteiger partial charge in [-0.1, -0.05) is 5.16 Å². The first kappa shape index (κ1) is 17.5. The highest BCUT2D eigenvalue weighted by atomic mass is 16.6. The molecule has 7 heteroatoms. The van der Waals surface area contributed by atoms with E-state index in [-0.39, 0.29) is 30.3 Å². The number of aromatic nitrogens is 1. The quantitative estimate of drug-likeness (QED) is 0.733. The summed E-state index contributed by atoms with van der Waals surface area (Å²) in [5.74, 6) is -0.575. The van der Waals surface area contributed by atoms with E-state index in [2.05, 4.69) is 10.5 Å². The predicted molar refractivity (Wildman–Crippen MR) is 76.5 cm³/mol. The van der Waals surface area contributed by atoms with Gasteiger partial charge in [0.2, 0.25) is 0 Å². The van der Waals surface area contributed by atoms with Crippen LogP contribution in [0.1, 0.15) is 43.7 Å². The Bertz CT molecular complexity index is 464. The largest absolute Gasteiger partial charge is 0.462 e. The number of carbonyl (C=O) groups excluding carboxylic acids is 1. The minimum Gasteiger partial charge on any atom is -0.462 e. The summed E-state index contributed by atoms with van der Waals surface area (Å²) in [4.78, 5) is 11.8. The first-order valence-electron chi connectivity index (χ1n) is 6.94. The molecule has 0 aromatic carbocycles. The van der Waals surface area contributed by atoms with Crippen LogP contribution >= 0.6 is 0 Å². The lowest BCUT2D eigenvalue weighted by Crippen LogP contribution is -2.42. The molecule has 0 fully saturated rings. The average molecular weight is 300 g/mol. The lowest BCUT2D eigenvalue weighted by molar-refractivity contribution is 0.0502. The second-order valence-corrected chi connectivity index (χ2v) is 5.75. The summed E-state index contributed by atoms with van der Waals surface area (Å²) < 4.78 is 15.2. The average Bonchev–Trinajstić information content (AvgIpc) is 2.74. The molecule has 0 spiro atoms. The predicted octanol–water partition coefficient (Wildman–Crippen LogP) is 1.29. The van der Waals surface area contributed by atoms with E-state index < -0.39 is 12.1 Å². The summed E-state index contributed by atoms with van der Waals surface area (Å²) in [7, 11) is 0. The minimum atomic E-state index is -0.732. The summed E-state index contributed by atoms with van der Waals surface area (Å²) in [6, 6.07) is 0. The molecule has 1 rings (SSSR count). The van der Waals surface area contributed by atoms with Crippen molar-refractivity contribution in [3.05, 3.63) is 11.3 Å². The van der Waals surface area contributed by atoms with Crippen LogP contribution in [0.4, 0.5) is 0 Å². The van der Waals surface area contributed by atoms with Crippen LogP contribution in [-0.2, 0) is 4.74 Å². The third kappa shape index (κ3) is 5.73. The highest BCUT2D eigenvalue weighted by Gasteiger charge is 2.24. The van der Waals surface area contributed by atoms with Crippen LogP contribution < -0.4 is 10.1 Å². The second kappa shape index (κ2) is 7.42. The molecule has 0 bridgehead atoms. The van der Waals surface area contributed by atoms with E-state index in [1.54, 1.807) is 13.8 Å². The maximum Gasteiger partial charge on any atom is 0.347 e. The smallest absolute Gasteiger partial charge is 0.347 e. The Morgan fingerprint density at radius 1 is 1.48 bits per heavy atom. The fraction of sp³-hybridized carbons (Fsp3) is 0.714. The molecule has 0 aliphatic heterocycles. The van der Waals surface area contributed by atoms with Gasteiger partial charge in [-0.3, -0.25) is 0 Å². The number of esters is 1. The molecule has 120 valence electrons. The molecule has 1 aromatic heterocycles. The van der Waals surface area contributed by atoms with Crippen molar-refractivity contribution >= 4 is 5.97 Å². The number of rotatable bonds is 7. The Balaban J connectivity index is 2.58. The topological polar surface area (TPSA) is 93.8 Å². The normalized spacial score (nSPS) is 13.0. The number of ether oxygens (including phenoxy) is 2. The van der Waals surface area contributed by atoms with Crippen LogP contribution in [0.3, 0.4) is 0 Å². The third-order valence-corrected chi connectivity index (χ3v) is 2.59. The Hall–Kier alpha value is -1.60. The van der Waals surface area contributed by atoms with Crippen LogP contribution in [0.15, 0.2) is 4.52 Å². The van der Waals surface area contributed by atoms with Crippen LogP contribution in [-0.4, -0.2) is 47.6 Å². The van der Waals surface area contributed by atoms with E-state index in [9.17, 15) is 9.90 Å². The van der Waals surface area contributed by atoms with Gasteiger partial charge >= 0.3 is 11.9 Å². The molecule has 0 saturated heterocycles. The van der Waals surface area contributed by atoms with Crippen LogP contribution in [0, 0.1) is 6.92 Å². The Morgan fingerprint density at radius 3 is 2.71 bits per heavy atom. The zero-order chi connectivity index (χ0) is 16.0. The van der Waals surface area contributed by atoms with Gasteiger partial charge in [0.1, 0.15) is 12.7 Å². The standard InChI is InChI=1S/C14H24N2O5/c1-6-19-12(18)11-9(2)16-21-13(11)20-8-10(17)7-15-14(3,4)5/h10,15,17H,6-8H2,1-5H3. The molecule has 2 N–H and O–H groups in total. The number of carbonyl (C=O) groups is 1. The number of nitrogens with one attached hydrogen (secondary N) is 1. The zero-order valence-electron chi connectivity index (χ0n) is 13.2. The third-order valence-electron chi connectivity index (χ3n) is 2.59. The van der Waals surface area contributed by atoms with Crippen molar-refractivity contribution in [3.8, 4) is 5.95 Å². The first-order valence-corrected chi connectivity index (χ1v) is 6.94. The van der Waals surface area contributed by atoms with Crippen molar-refractivity contribution in [1.29, 1.82) is 0 Å². The Kier molecular flexibility index (Phi) is 6.17. The lowest BCUT2D eigenvalue weighted by atomic mass is 10.1. The van der Waals surface area contributed by atoms with E-state index in [4.69, 9.17) is 14.0 Å². The van der Waals surface area contributed by atoms with E-state index in [1.807, 2.05) is 20.8 Å². The van der Waals surface area contributed by atoms with Gasteiger partial charge in [-0.15, -0.1) is 0 Å². The number of aliphatic hydroxyl groups is 1. The second-order valence-electron chi connectivity index (χ2n) is 5.75. The summed E-state index contributed by atoms with van der Waals surface area (Å²) >= 11 is 0. The van der Waals surface area contributed by atoms with Gasteiger partial charge in [-0.25, -0.2) is 4.79 Å². The number of β-amino-alcohol motifs (C(OH)–C–C–N with tert-alkyl or cyclic N) is 1. The lowest BCUT2D eigenvalue weighted by Gasteiger charge is -2.22. The van der Waals surface area contributed by atoms with Crippen molar-refractivity contribution in [2.45, 2.75) is 46.3 Å². The molecule has 0 aliphatic rings. The molecule has 1 aromatic rings. The zero-order valence-corrected chi connectivity index (χ0v) is 13.2. The summed E-state index contributed by atoms with van der Waals surface area (Å²) in [6.07, 6.45) is -0.732. The molecule has 21 heavy (non-hydrogen) atoms. The van der Waals surface area contributed by atoms with Gasteiger partial charge in [0.05, 0.1) is 12.3 Å². The summed E-state index contributed by atoms with van der Waals surface area (Å²) in [5.41, 5.74) is 0.457. The monoisotopic (exact) mass is 300 g/mol. The molecule has 0 saturated carbocycles. The fourth-order valence-corrected chi connectivity index (χ4v) is 1.54. The van der Waals surface area contributed by atoms with Crippen molar-refractivity contribution in [1.82, 2.24) is 10.5 Å². The molecule has 7 nitrogen and oxygen atoms in total. The highest BCUT2D eigenvalue weighted by Crippen LogP contribution is 2.23. The Labute approximate surface area is 124 Å². The summed E-state index contributed by atoms with van der Waals surface area (Å²) in [6.45, 7) is 9.94. The van der Waals surface area contributed by atoms with Gasteiger partial charge in [0, 0.05) is 12.1 Å². The van der Waals surface area contributed by atoms with E-state index in [0.29, 0.717) is 12.2 Å². The van der Waals surface area contributed by atoms with Crippen LogP contribution in [0.5, 0.6) is 5.95 Å². The molecule has 1 heterocycles. The van der Waals surface area contributed by atoms with Gasteiger partial charge < -0.3 is 24.4 Å². The number of hydrogen-bond donors (Lipinski definition) is 2. The van der Waals surface area contributed by atoms with Crippen molar-refractivity contribution in [3.63, 3.8) is 0 Å². The number of aliphatic hydroxyl groups excluding tert-OH is 1. The van der Waals surface area contributed by atoms with Gasteiger partial charge in [0.25, 0.3) is 0 Å². The maximum atomic E-state index is 11.8. The summed E-state index contributed by atoms with van der Waals surface area (Å²) in [5, 5.41) is 16.7. The van der Waals surface area contributed by atoms with E-state index in [0.717, 1.165) is 0 Å². The Morgan fingerprint density at radius 2 is 2.14 bits per heavy atom. The molecule has 0 radical (unpaired) electrons. The van der Waals surface area contributed by atoms with Crippen LogP contribution in [0.25, 0.3) is 0 Å². The first-order chi connectivity index (χ1) is 9.74. The van der Waals surface area contributed by atoms with Gasteiger partial charge in [-0.05, 0) is 34.6 Å². The highest BCUT2D eigenvalue weighted by molar-refractivity contribution is 5.92.